The molecule has 0 bridgehead atoms. The highest BCUT2D eigenvalue weighted by atomic mass is 32.2. The Bertz CT molecular complexity index is 1200. The molecule has 0 radical (unpaired) electrons. The molecule has 5 nitrogen and oxygen atoms in total. The molecule has 3 aromatic rings. The summed E-state index contributed by atoms with van der Waals surface area (Å²) in [6, 6.07) is 9.70. The number of fused-ring (bicyclic) bond motifs is 1. The van der Waals surface area contributed by atoms with E-state index in [1.165, 1.54) is 6.20 Å². The topological polar surface area (TPSA) is 63.2 Å². The SMILES string of the molecule is CS(=O)(=O)c1ccc(-c2ccncc2)c(CN2Cc3cnc(C(F)(F)F)cc3C2)c1. The van der Waals surface area contributed by atoms with E-state index in [2.05, 4.69) is 9.97 Å². The van der Waals surface area contributed by atoms with Crippen LogP contribution in [0.3, 0.4) is 0 Å². The van der Waals surface area contributed by atoms with Crippen LogP contribution in [0.2, 0.25) is 0 Å². The second-order valence-corrected chi connectivity index (χ2v) is 9.32. The standard InChI is InChI=1S/C21H18F3N3O2S/c1-30(28,29)18-2-3-19(14-4-6-25-7-5-14)16(8-18)12-27-11-15-9-20(21(22,23)24)26-10-17(15)13-27/h2-10H,11-13H2,1H3. The molecule has 2 aromatic heterocycles. The van der Waals surface area contributed by atoms with Crippen molar-refractivity contribution in [3.05, 3.63) is 77.4 Å². The van der Waals surface area contributed by atoms with Crippen LogP contribution in [0.15, 0.2) is 59.9 Å². The maximum atomic E-state index is 13.0. The van der Waals surface area contributed by atoms with E-state index in [9.17, 15) is 21.6 Å². The molecule has 1 aliphatic rings. The molecule has 4 rings (SSSR count). The lowest BCUT2D eigenvalue weighted by Crippen LogP contribution is -2.16. The molecule has 30 heavy (non-hydrogen) atoms. The van der Waals surface area contributed by atoms with Crippen molar-refractivity contribution in [3.8, 4) is 11.1 Å². The normalized spacial score (nSPS) is 14.7. The Morgan fingerprint density at radius 2 is 1.73 bits per heavy atom. The summed E-state index contributed by atoms with van der Waals surface area (Å²) >= 11 is 0. The van der Waals surface area contributed by atoms with Gasteiger partial charge in [0.2, 0.25) is 0 Å². The molecule has 0 saturated heterocycles. The van der Waals surface area contributed by atoms with Gasteiger partial charge < -0.3 is 0 Å². The Morgan fingerprint density at radius 3 is 2.40 bits per heavy atom. The summed E-state index contributed by atoms with van der Waals surface area (Å²) in [7, 11) is -3.40. The number of benzene rings is 1. The Hall–Kier alpha value is -2.78. The molecular weight excluding hydrogens is 415 g/mol. The van der Waals surface area contributed by atoms with Gasteiger partial charge in [-0.25, -0.2) is 8.42 Å². The molecule has 156 valence electrons. The molecular formula is C21H18F3N3O2S. The number of alkyl halides is 3. The van der Waals surface area contributed by atoms with Gasteiger partial charge in [-0.2, -0.15) is 13.2 Å². The molecule has 3 heterocycles. The lowest BCUT2D eigenvalue weighted by molar-refractivity contribution is -0.141. The van der Waals surface area contributed by atoms with Gasteiger partial charge in [-0.1, -0.05) is 6.07 Å². The van der Waals surface area contributed by atoms with Crippen molar-refractivity contribution < 1.29 is 21.6 Å². The van der Waals surface area contributed by atoms with Crippen LogP contribution in [-0.4, -0.2) is 29.5 Å². The zero-order valence-electron chi connectivity index (χ0n) is 16.0. The fourth-order valence-corrected chi connectivity index (χ4v) is 4.28. The zero-order chi connectivity index (χ0) is 21.5. The lowest BCUT2D eigenvalue weighted by Gasteiger charge is -2.18. The predicted molar refractivity (Wildman–Crippen MR) is 105 cm³/mol. The number of halogens is 3. The van der Waals surface area contributed by atoms with Crippen molar-refractivity contribution in [2.24, 2.45) is 0 Å². The fraction of sp³-hybridized carbons (Fsp3) is 0.238. The van der Waals surface area contributed by atoms with Gasteiger partial charge in [-0.05, 0) is 58.1 Å². The summed E-state index contributed by atoms with van der Waals surface area (Å²) in [5, 5.41) is 0. The van der Waals surface area contributed by atoms with Crippen molar-refractivity contribution in [2.45, 2.75) is 30.7 Å². The first-order valence-electron chi connectivity index (χ1n) is 9.12. The molecule has 0 amide bonds. The summed E-state index contributed by atoms with van der Waals surface area (Å²) < 4.78 is 63.0. The molecule has 0 saturated carbocycles. The van der Waals surface area contributed by atoms with E-state index in [0.29, 0.717) is 25.2 Å². The minimum atomic E-state index is -4.49. The zero-order valence-corrected chi connectivity index (χ0v) is 16.8. The molecule has 0 spiro atoms. The van der Waals surface area contributed by atoms with Crippen LogP contribution in [-0.2, 0) is 35.6 Å². The Labute approximate surface area is 172 Å². The number of sulfone groups is 1. The maximum Gasteiger partial charge on any atom is 0.433 e. The van der Waals surface area contributed by atoms with Crippen LogP contribution in [0.25, 0.3) is 11.1 Å². The summed E-state index contributed by atoms with van der Waals surface area (Å²) in [5.74, 6) is 0. The smallest absolute Gasteiger partial charge is 0.290 e. The van der Waals surface area contributed by atoms with Crippen LogP contribution in [0, 0.1) is 0 Å². The highest BCUT2D eigenvalue weighted by Gasteiger charge is 2.34. The summed E-state index contributed by atoms with van der Waals surface area (Å²) in [4.78, 5) is 9.72. The van der Waals surface area contributed by atoms with Gasteiger partial charge in [0.1, 0.15) is 5.69 Å². The van der Waals surface area contributed by atoms with E-state index < -0.39 is 21.7 Å². The van der Waals surface area contributed by atoms with Crippen LogP contribution in [0.5, 0.6) is 0 Å². The summed E-state index contributed by atoms with van der Waals surface area (Å²) in [6.07, 6.45) is 1.24. The first-order chi connectivity index (χ1) is 14.1. The number of rotatable bonds is 4. The minimum absolute atomic E-state index is 0.202. The second-order valence-electron chi connectivity index (χ2n) is 7.31. The second kappa shape index (κ2) is 7.48. The van der Waals surface area contributed by atoms with Gasteiger partial charge in [0.25, 0.3) is 0 Å². The van der Waals surface area contributed by atoms with Crippen molar-refractivity contribution in [3.63, 3.8) is 0 Å². The molecule has 0 fully saturated rings. The third-order valence-electron chi connectivity index (χ3n) is 5.05. The van der Waals surface area contributed by atoms with Crippen molar-refractivity contribution in [1.82, 2.24) is 14.9 Å². The number of aromatic nitrogens is 2. The number of hydrogen-bond acceptors (Lipinski definition) is 5. The molecule has 0 N–H and O–H groups in total. The molecule has 1 aromatic carbocycles. The number of hydrogen-bond donors (Lipinski definition) is 0. The fourth-order valence-electron chi connectivity index (χ4n) is 3.61. The third kappa shape index (κ3) is 4.22. The molecule has 0 atom stereocenters. The van der Waals surface area contributed by atoms with Gasteiger partial charge in [0.15, 0.2) is 9.84 Å². The Kier molecular flexibility index (Phi) is 5.11. The third-order valence-corrected chi connectivity index (χ3v) is 6.16. The van der Waals surface area contributed by atoms with Crippen LogP contribution in [0.1, 0.15) is 22.4 Å². The first-order valence-corrected chi connectivity index (χ1v) is 11.0. The molecule has 0 unspecified atom stereocenters. The van der Waals surface area contributed by atoms with Gasteiger partial charge in [-0.3, -0.25) is 14.9 Å². The van der Waals surface area contributed by atoms with E-state index >= 15 is 0 Å². The average Bonchev–Trinajstić information content (AvgIpc) is 3.08. The molecule has 1 aliphatic heterocycles. The van der Waals surface area contributed by atoms with E-state index in [1.807, 2.05) is 17.0 Å². The van der Waals surface area contributed by atoms with Crippen LogP contribution < -0.4 is 0 Å². The van der Waals surface area contributed by atoms with Crippen LogP contribution in [0.4, 0.5) is 13.2 Å². The van der Waals surface area contributed by atoms with Gasteiger partial charge in [0, 0.05) is 44.5 Å². The van der Waals surface area contributed by atoms with Crippen molar-refractivity contribution in [2.75, 3.05) is 6.26 Å². The predicted octanol–water partition coefficient (Wildman–Crippen LogP) is 4.08. The van der Waals surface area contributed by atoms with Gasteiger partial charge in [-0.15, -0.1) is 0 Å². The summed E-state index contributed by atoms with van der Waals surface area (Å²) in [5.41, 5.74) is 2.95. The van der Waals surface area contributed by atoms with Crippen molar-refractivity contribution >= 4 is 9.84 Å². The highest BCUT2D eigenvalue weighted by molar-refractivity contribution is 7.90. The van der Waals surface area contributed by atoms with Gasteiger partial charge in [0.05, 0.1) is 4.90 Å². The quantitative estimate of drug-likeness (QED) is 0.621. The average molecular weight is 433 g/mol. The Balaban J connectivity index is 1.67. The lowest BCUT2D eigenvalue weighted by atomic mass is 10.0. The van der Waals surface area contributed by atoms with Crippen LogP contribution >= 0.6 is 0 Å². The van der Waals surface area contributed by atoms with E-state index in [0.717, 1.165) is 34.6 Å². The minimum Gasteiger partial charge on any atom is -0.290 e. The number of pyridine rings is 2. The highest BCUT2D eigenvalue weighted by Crippen LogP contribution is 2.33. The summed E-state index contributed by atoms with van der Waals surface area (Å²) in [6.45, 7) is 1.16. The number of nitrogens with zero attached hydrogens (tertiary/aromatic N) is 3. The molecule has 9 heteroatoms. The monoisotopic (exact) mass is 433 g/mol. The van der Waals surface area contributed by atoms with E-state index in [4.69, 9.17) is 0 Å². The first kappa shape index (κ1) is 20.5. The van der Waals surface area contributed by atoms with Gasteiger partial charge >= 0.3 is 6.18 Å². The molecule has 0 aliphatic carbocycles. The maximum absolute atomic E-state index is 13.0. The van der Waals surface area contributed by atoms with E-state index in [-0.39, 0.29) is 4.90 Å². The largest absolute Gasteiger partial charge is 0.433 e. The van der Waals surface area contributed by atoms with E-state index in [1.54, 1.807) is 30.6 Å². The van der Waals surface area contributed by atoms with Crippen molar-refractivity contribution in [1.29, 1.82) is 0 Å². The Morgan fingerprint density at radius 1 is 1.03 bits per heavy atom.